The van der Waals surface area contributed by atoms with Crippen LogP contribution in [0.1, 0.15) is 30.0 Å². The van der Waals surface area contributed by atoms with Crippen LogP contribution in [0.2, 0.25) is 10.0 Å². The van der Waals surface area contributed by atoms with E-state index >= 15 is 0 Å². The molecule has 4 nitrogen and oxygen atoms in total. The summed E-state index contributed by atoms with van der Waals surface area (Å²) >= 11 is 12.2. The highest BCUT2D eigenvalue weighted by Crippen LogP contribution is 2.33. The number of hydrogen-bond acceptors (Lipinski definition) is 3. The van der Waals surface area contributed by atoms with Crippen molar-refractivity contribution in [2.75, 3.05) is 13.1 Å². The number of carbonyl (C=O) groups is 1. The number of nitrogens with zero attached hydrogens (tertiary/aromatic N) is 1. The standard InChI is InChI=1S/C18H19Cl2NO3/c1-10-8-21(9-11(2)23-10)18(22)15-7-17(24-12(15)3)14-5-4-13(19)6-16(14)20/h4-7,10-11H,8-9H2,1-3H3. The van der Waals surface area contributed by atoms with E-state index in [0.29, 0.717) is 45.8 Å². The van der Waals surface area contributed by atoms with Crippen molar-refractivity contribution < 1.29 is 13.9 Å². The Morgan fingerprint density at radius 3 is 2.46 bits per heavy atom. The first-order chi connectivity index (χ1) is 11.3. The molecule has 1 aliphatic rings. The molecule has 2 unspecified atom stereocenters. The Balaban J connectivity index is 1.90. The van der Waals surface area contributed by atoms with E-state index in [1.54, 1.807) is 31.2 Å². The number of aryl methyl sites for hydroxylation is 1. The number of carbonyl (C=O) groups excluding carboxylic acids is 1. The summed E-state index contributed by atoms with van der Waals surface area (Å²) in [5.41, 5.74) is 1.27. The van der Waals surface area contributed by atoms with E-state index < -0.39 is 0 Å². The van der Waals surface area contributed by atoms with Crippen molar-refractivity contribution in [2.45, 2.75) is 33.0 Å². The van der Waals surface area contributed by atoms with E-state index in [1.165, 1.54) is 0 Å². The number of hydrogen-bond donors (Lipinski definition) is 0. The van der Waals surface area contributed by atoms with Crippen LogP contribution in [0.25, 0.3) is 11.3 Å². The predicted molar refractivity (Wildman–Crippen MR) is 94.8 cm³/mol. The van der Waals surface area contributed by atoms with Crippen LogP contribution in [0.3, 0.4) is 0 Å². The molecule has 1 saturated heterocycles. The van der Waals surface area contributed by atoms with Crippen molar-refractivity contribution in [1.29, 1.82) is 0 Å². The lowest BCUT2D eigenvalue weighted by molar-refractivity contribution is -0.0586. The van der Waals surface area contributed by atoms with E-state index in [4.69, 9.17) is 32.4 Å². The van der Waals surface area contributed by atoms with Crippen LogP contribution in [-0.2, 0) is 4.74 Å². The smallest absolute Gasteiger partial charge is 0.257 e. The third kappa shape index (κ3) is 3.46. The highest BCUT2D eigenvalue weighted by molar-refractivity contribution is 6.36. The van der Waals surface area contributed by atoms with Gasteiger partial charge in [-0.15, -0.1) is 0 Å². The van der Waals surface area contributed by atoms with Crippen molar-refractivity contribution in [3.63, 3.8) is 0 Å². The molecule has 1 amide bonds. The number of rotatable bonds is 2. The molecular formula is C18H19Cl2NO3. The van der Waals surface area contributed by atoms with Crippen LogP contribution in [-0.4, -0.2) is 36.1 Å². The molecule has 1 aromatic heterocycles. The van der Waals surface area contributed by atoms with Gasteiger partial charge in [-0.3, -0.25) is 4.79 Å². The number of halogens is 2. The van der Waals surface area contributed by atoms with E-state index in [0.717, 1.165) is 0 Å². The number of morpholine rings is 1. The van der Waals surface area contributed by atoms with E-state index in [9.17, 15) is 4.79 Å². The maximum Gasteiger partial charge on any atom is 0.257 e. The zero-order valence-corrected chi connectivity index (χ0v) is 15.3. The summed E-state index contributed by atoms with van der Waals surface area (Å²) in [5.74, 6) is 1.09. The number of benzene rings is 1. The van der Waals surface area contributed by atoms with Crippen LogP contribution >= 0.6 is 23.2 Å². The van der Waals surface area contributed by atoms with Gasteiger partial charge in [0, 0.05) is 23.7 Å². The molecule has 3 rings (SSSR count). The molecule has 0 radical (unpaired) electrons. The second-order valence-corrected chi connectivity index (χ2v) is 7.02. The minimum absolute atomic E-state index is 0.0232. The molecule has 2 aromatic rings. The van der Waals surface area contributed by atoms with E-state index in [2.05, 4.69) is 0 Å². The van der Waals surface area contributed by atoms with E-state index in [1.807, 2.05) is 18.7 Å². The Morgan fingerprint density at radius 1 is 1.17 bits per heavy atom. The quantitative estimate of drug-likeness (QED) is 0.764. The van der Waals surface area contributed by atoms with Crippen molar-refractivity contribution >= 4 is 29.1 Å². The molecule has 6 heteroatoms. The third-order valence-electron chi connectivity index (χ3n) is 4.05. The first-order valence-electron chi connectivity index (χ1n) is 7.85. The Kier molecular flexibility index (Phi) is 4.90. The Bertz CT molecular complexity index is 762. The Hall–Kier alpha value is -1.49. The van der Waals surface area contributed by atoms with Crippen molar-refractivity contribution in [3.8, 4) is 11.3 Å². The molecule has 1 aromatic carbocycles. The molecule has 2 heterocycles. The summed E-state index contributed by atoms with van der Waals surface area (Å²) in [7, 11) is 0. The van der Waals surface area contributed by atoms with Crippen molar-refractivity contribution in [2.24, 2.45) is 0 Å². The maximum absolute atomic E-state index is 12.9. The molecular weight excluding hydrogens is 349 g/mol. The number of amides is 1. The Labute approximate surface area is 151 Å². The molecule has 1 aliphatic heterocycles. The van der Waals surface area contributed by atoms with Crippen LogP contribution in [0.5, 0.6) is 0 Å². The van der Waals surface area contributed by atoms with Crippen LogP contribution in [0.4, 0.5) is 0 Å². The second-order valence-electron chi connectivity index (χ2n) is 6.17. The lowest BCUT2D eigenvalue weighted by Gasteiger charge is -2.35. The van der Waals surface area contributed by atoms with Gasteiger partial charge >= 0.3 is 0 Å². The highest BCUT2D eigenvalue weighted by Gasteiger charge is 2.29. The molecule has 1 fully saturated rings. The minimum atomic E-state index is -0.0467. The summed E-state index contributed by atoms with van der Waals surface area (Å²) in [5, 5.41) is 1.04. The Morgan fingerprint density at radius 2 is 1.83 bits per heavy atom. The van der Waals surface area contributed by atoms with Gasteiger partial charge in [0.05, 0.1) is 22.8 Å². The molecule has 2 atom stereocenters. The van der Waals surface area contributed by atoms with Crippen LogP contribution in [0, 0.1) is 6.92 Å². The van der Waals surface area contributed by atoms with Crippen LogP contribution < -0.4 is 0 Å². The minimum Gasteiger partial charge on any atom is -0.460 e. The van der Waals surface area contributed by atoms with Gasteiger partial charge in [-0.1, -0.05) is 23.2 Å². The fourth-order valence-electron chi connectivity index (χ4n) is 3.03. The fourth-order valence-corrected chi connectivity index (χ4v) is 3.53. The first kappa shape index (κ1) is 17.3. The maximum atomic E-state index is 12.9. The zero-order chi connectivity index (χ0) is 17.4. The van der Waals surface area contributed by atoms with Gasteiger partial charge in [0.1, 0.15) is 11.5 Å². The summed E-state index contributed by atoms with van der Waals surface area (Å²) < 4.78 is 11.5. The predicted octanol–water partition coefficient (Wildman–Crippen LogP) is 4.81. The van der Waals surface area contributed by atoms with Gasteiger partial charge < -0.3 is 14.1 Å². The highest BCUT2D eigenvalue weighted by atomic mass is 35.5. The van der Waals surface area contributed by atoms with Gasteiger partial charge in [0.25, 0.3) is 5.91 Å². The van der Waals surface area contributed by atoms with Gasteiger partial charge in [-0.05, 0) is 45.0 Å². The lowest BCUT2D eigenvalue weighted by Crippen LogP contribution is -2.48. The summed E-state index contributed by atoms with van der Waals surface area (Å²) in [6.07, 6.45) is 0.0465. The van der Waals surface area contributed by atoms with Gasteiger partial charge in [-0.2, -0.15) is 0 Å². The van der Waals surface area contributed by atoms with Gasteiger partial charge in [0.15, 0.2) is 0 Å². The van der Waals surface area contributed by atoms with Gasteiger partial charge in [-0.25, -0.2) is 0 Å². The normalized spacial score (nSPS) is 21.1. The average Bonchev–Trinajstić information content (AvgIpc) is 2.87. The number of ether oxygens (including phenoxy) is 1. The SMILES string of the molecule is Cc1oc(-c2ccc(Cl)cc2Cl)cc1C(=O)N1CC(C)OC(C)C1. The summed E-state index contributed by atoms with van der Waals surface area (Å²) in [4.78, 5) is 14.7. The second kappa shape index (κ2) is 6.79. The molecule has 0 N–H and O–H groups in total. The van der Waals surface area contributed by atoms with Gasteiger partial charge in [0.2, 0.25) is 0 Å². The molecule has 0 bridgehead atoms. The molecule has 0 saturated carbocycles. The van der Waals surface area contributed by atoms with E-state index in [-0.39, 0.29) is 18.1 Å². The van der Waals surface area contributed by atoms with Crippen molar-refractivity contribution in [1.82, 2.24) is 4.90 Å². The molecule has 24 heavy (non-hydrogen) atoms. The number of furan rings is 1. The molecule has 0 aliphatic carbocycles. The molecule has 128 valence electrons. The molecule has 0 spiro atoms. The zero-order valence-electron chi connectivity index (χ0n) is 13.8. The van der Waals surface area contributed by atoms with Crippen molar-refractivity contribution in [3.05, 3.63) is 45.6 Å². The fraction of sp³-hybridized carbons (Fsp3) is 0.389. The lowest BCUT2D eigenvalue weighted by atomic mass is 10.1. The monoisotopic (exact) mass is 367 g/mol. The summed E-state index contributed by atoms with van der Waals surface area (Å²) in [6, 6.07) is 6.93. The largest absolute Gasteiger partial charge is 0.460 e. The van der Waals surface area contributed by atoms with Crippen LogP contribution in [0.15, 0.2) is 28.7 Å². The third-order valence-corrected chi connectivity index (χ3v) is 4.60. The summed E-state index contributed by atoms with van der Waals surface area (Å²) in [6.45, 7) is 6.87. The average molecular weight is 368 g/mol. The first-order valence-corrected chi connectivity index (χ1v) is 8.61. The topological polar surface area (TPSA) is 42.7 Å².